The van der Waals surface area contributed by atoms with Crippen molar-refractivity contribution in [3.05, 3.63) is 34.9 Å². The summed E-state index contributed by atoms with van der Waals surface area (Å²) in [6.07, 6.45) is 0. The van der Waals surface area contributed by atoms with Crippen molar-refractivity contribution in [1.29, 1.82) is 0 Å². The zero-order valence-electron chi connectivity index (χ0n) is 8.77. The van der Waals surface area contributed by atoms with Crippen LogP contribution < -0.4 is 5.73 Å². The number of carboxylic acid groups (broad SMARTS) is 1. The lowest BCUT2D eigenvalue weighted by Gasteiger charge is -2.18. The summed E-state index contributed by atoms with van der Waals surface area (Å²) in [5, 5.41) is 8.32. The topological polar surface area (TPSA) is 63.3 Å². The van der Waals surface area contributed by atoms with E-state index in [1.165, 1.54) is 0 Å². The second-order valence-electron chi connectivity index (χ2n) is 3.67. The Hall–Kier alpha value is -1.00. The molecule has 0 saturated carbocycles. The second kappa shape index (κ2) is 4.68. The summed E-state index contributed by atoms with van der Waals surface area (Å²) in [4.78, 5) is 10.7. The number of thiol groups is 1. The molecule has 0 aliphatic rings. The molecule has 0 bridgehead atoms. The van der Waals surface area contributed by atoms with Crippen LogP contribution in [0.2, 0.25) is 0 Å². The maximum Gasteiger partial charge on any atom is 0.321 e. The first-order valence-electron chi connectivity index (χ1n) is 4.67. The van der Waals surface area contributed by atoms with Gasteiger partial charge in [0.25, 0.3) is 0 Å². The van der Waals surface area contributed by atoms with Crippen molar-refractivity contribution in [3.8, 4) is 0 Å². The number of rotatable bonds is 3. The Morgan fingerprint density at radius 1 is 1.47 bits per heavy atom. The van der Waals surface area contributed by atoms with Gasteiger partial charge in [-0.15, -0.1) is 0 Å². The van der Waals surface area contributed by atoms with Gasteiger partial charge in [0.15, 0.2) is 0 Å². The van der Waals surface area contributed by atoms with Crippen molar-refractivity contribution in [2.45, 2.75) is 25.1 Å². The molecule has 1 aromatic rings. The lowest BCUT2D eigenvalue weighted by atomic mass is 9.99. The first-order valence-corrected chi connectivity index (χ1v) is 5.18. The quantitative estimate of drug-likeness (QED) is 0.686. The van der Waals surface area contributed by atoms with E-state index in [1.54, 1.807) is 0 Å². The van der Waals surface area contributed by atoms with E-state index >= 15 is 0 Å². The number of nitrogens with two attached hydrogens (primary N) is 1. The number of aliphatic carboxylic acids is 1. The van der Waals surface area contributed by atoms with Crippen LogP contribution in [0.5, 0.6) is 0 Å². The van der Waals surface area contributed by atoms with Gasteiger partial charge in [0.1, 0.15) is 6.04 Å². The molecule has 2 atom stereocenters. The third-order valence-electron chi connectivity index (χ3n) is 2.37. The molecule has 15 heavy (non-hydrogen) atoms. The van der Waals surface area contributed by atoms with Crippen molar-refractivity contribution in [1.82, 2.24) is 0 Å². The van der Waals surface area contributed by atoms with Crippen molar-refractivity contribution >= 4 is 18.6 Å². The maximum absolute atomic E-state index is 10.7. The van der Waals surface area contributed by atoms with Crippen molar-refractivity contribution in [3.63, 3.8) is 0 Å². The highest BCUT2D eigenvalue weighted by molar-refractivity contribution is 7.80. The van der Waals surface area contributed by atoms with Gasteiger partial charge < -0.3 is 10.8 Å². The SMILES string of the molecule is Cc1ccc(C(S)C(N)C(=O)O)c(C)c1. The van der Waals surface area contributed by atoms with E-state index in [9.17, 15) is 4.79 Å². The van der Waals surface area contributed by atoms with E-state index in [2.05, 4.69) is 12.6 Å². The third-order valence-corrected chi connectivity index (χ3v) is 2.97. The summed E-state index contributed by atoms with van der Waals surface area (Å²) in [5.74, 6) is -1.03. The lowest BCUT2D eigenvalue weighted by molar-refractivity contribution is -0.138. The standard InChI is InChI=1S/C11H15NO2S/c1-6-3-4-8(7(2)5-6)10(15)9(12)11(13)14/h3-5,9-10,15H,12H2,1-2H3,(H,13,14). The summed E-state index contributed by atoms with van der Waals surface area (Å²) < 4.78 is 0. The molecule has 1 rings (SSSR count). The fourth-order valence-electron chi connectivity index (χ4n) is 1.49. The first kappa shape index (κ1) is 12.1. The van der Waals surface area contributed by atoms with Crippen LogP contribution >= 0.6 is 12.6 Å². The van der Waals surface area contributed by atoms with Gasteiger partial charge in [0.2, 0.25) is 0 Å². The maximum atomic E-state index is 10.7. The summed E-state index contributed by atoms with van der Waals surface area (Å²) in [6.45, 7) is 3.92. The van der Waals surface area contributed by atoms with E-state index in [-0.39, 0.29) is 0 Å². The number of benzene rings is 1. The molecule has 82 valence electrons. The zero-order chi connectivity index (χ0) is 11.6. The molecular formula is C11H15NO2S. The highest BCUT2D eigenvalue weighted by Gasteiger charge is 2.23. The summed E-state index contributed by atoms with van der Waals surface area (Å²) in [5.41, 5.74) is 8.56. The Labute approximate surface area is 94.7 Å². The predicted molar refractivity (Wildman–Crippen MR) is 63.3 cm³/mol. The minimum Gasteiger partial charge on any atom is -0.480 e. The Morgan fingerprint density at radius 3 is 2.53 bits per heavy atom. The number of carbonyl (C=O) groups is 1. The van der Waals surface area contributed by atoms with Crippen molar-refractivity contribution < 1.29 is 9.90 Å². The third kappa shape index (κ3) is 2.73. The second-order valence-corrected chi connectivity index (χ2v) is 4.23. The van der Waals surface area contributed by atoms with Crippen molar-refractivity contribution in [2.24, 2.45) is 5.73 Å². The fraction of sp³-hybridized carbons (Fsp3) is 0.364. The van der Waals surface area contributed by atoms with Crippen LogP contribution in [0.25, 0.3) is 0 Å². The Balaban J connectivity index is 3.01. The Kier molecular flexibility index (Phi) is 3.77. The van der Waals surface area contributed by atoms with Gasteiger partial charge in [-0.25, -0.2) is 0 Å². The lowest BCUT2D eigenvalue weighted by Crippen LogP contribution is -2.34. The zero-order valence-corrected chi connectivity index (χ0v) is 9.66. The van der Waals surface area contributed by atoms with E-state index in [0.29, 0.717) is 0 Å². The van der Waals surface area contributed by atoms with E-state index in [0.717, 1.165) is 16.7 Å². The highest BCUT2D eigenvalue weighted by Crippen LogP contribution is 2.26. The van der Waals surface area contributed by atoms with Gasteiger partial charge in [-0.3, -0.25) is 4.79 Å². The van der Waals surface area contributed by atoms with Crippen LogP contribution in [0.3, 0.4) is 0 Å². The number of hydrogen-bond donors (Lipinski definition) is 3. The molecule has 0 fully saturated rings. The van der Waals surface area contributed by atoms with Crippen LogP contribution in [-0.4, -0.2) is 17.1 Å². The summed E-state index contributed by atoms with van der Waals surface area (Å²) >= 11 is 4.25. The number of aryl methyl sites for hydroxylation is 2. The predicted octanol–water partition coefficient (Wildman–Crippen LogP) is 1.69. The molecule has 4 heteroatoms. The molecule has 3 N–H and O–H groups in total. The Bertz CT molecular complexity index is 379. The van der Waals surface area contributed by atoms with E-state index in [1.807, 2.05) is 32.0 Å². The molecular weight excluding hydrogens is 210 g/mol. The van der Waals surface area contributed by atoms with Gasteiger partial charge in [-0.2, -0.15) is 12.6 Å². The molecule has 3 nitrogen and oxygen atoms in total. The average Bonchev–Trinajstić information content (AvgIpc) is 2.15. The van der Waals surface area contributed by atoms with Gasteiger partial charge in [-0.1, -0.05) is 23.8 Å². The molecule has 2 unspecified atom stereocenters. The molecule has 1 aromatic carbocycles. The highest BCUT2D eigenvalue weighted by atomic mass is 32.1. The van der Waals surface area contributed by atoms with Crippen LogP contribution in [-0.2, 0) is 4.79 Å². The molecule has 0 heterocycles. The van der Waals surface area contributed by atoms with Gasteiger partial charge in [0, 0.05) is 0 Å². The molecule has 0 aromatic heterocycles. The minimum atomic E-state index is -1.03. The monoisotopic (exact) mass is 225 g/mol. The number of carboxylic acids is 1. The van der Waals surface area contributed by atoms with Crippen molar-refractivity contribution in [2.75, 3.05) is 0 Å². The average molecular weight is 225 g/mol. The normalized spacial score (nSPS) is 14.7. The van der Waals surface area contributed by atoms with Crippen LogP contribution in [0, 0.1) is 13.8 Å². The number of hydrogen-bond acceptors (Lipinski definition) is 3. The van der Waals surface area contributed by atoms with Gasteiger partial charge in [-0.05, 0) is 25.0 Å². The van der Waals surface area contributed by atoms with Crippen LogP contribution in [0.15, 0.2) is 18.2 Å². The fourth-order valence-corrected chi connectivity index (χ4v) is 1.90. The van der Waals surface area contributed by atoms with E-state index < -0.39 is 17.3 Å². The molecule has 0 aliphatic carbocycles. The van der Waals surface area contributed by atoms with Gasteiger partial charge in [0.05, 0.1) is 5.25 Å². The van der Waals surface area contributed by atoms with E-state index in [4.69, 9.17) is 10.8 Å². The molecule has 0 aliphatic heterocycles. The Morgan fingerprint density at radius 2 is 2.07 bits per heavy atom. The minimum absolute atomic E-state index is 0.469. The first-order chi connectivity index (χ1) is 6.93. The smallest absolute Gasteiger partial charge is 0.321 e. The molecule has 0 spiro atoms. The van der Waals surface area contributed by atoms with Gasteiger partial charge >= 0.3 is 5.97 Å². The van der Waals surface area contributed by atoms with Crippen LogP contribution in [0.1, 0.15) is 21.9 Å². The largest absolute Gasteiger partial charge is 0.480 e. The molecule has 0 amide bonds. The van der Waals surface area contributed by atoms with Crippen LogP contribution in [0.4, 0.5) is 0 Å². The summed E-state index contributed by atoms with van der Waals surface area (Å²) in [6, 6.07) is 4.83. The molecule has 0 radical (unpaired) electrons. The summed E-state index contributed by atoms with van der Waals surface area (Å²) in [7, 11) is 0. The molecule has 0 saturated heterocycles.